The van der Waals surface area contributed by atoms with Crippen molar-refractivity contribution < 1.29 is 1.37 Å². The summed E-state index contributed by atoms with van der Waals surface area (Å²) in [4.78, 5) is 2.87. The second kappa shape index (κ2) is 3.99. The van der Waals surface area contributed by atoms with E-state index in [0.717, 1.165) is 12.0 Å². The van der Waals surface area contributed by atoms with Crippen LogP contribution in [0.15, 0.2) is 58.3 Å². The Labute approximate surface area is 102 Å². The fourth-order valence-corrected chi connectivity index (χ4v) is 3.30. The van der Waals surface area contributed by atoms with Gasteiger partial charge in [0, 0.05) is 10.8 Å². The number of thioether (sulfide) groups is 1. The summed E-state index contributed by atoms with van der Waals surface area (Å²) in [6, 6.07) is 8.47. The van der Waals surface area contributed by atoms with Crippen LogP contribution in [-0.2, 0) is 0 Å². The third-order valence-corrected chi connectivity index (χ3v) is 4.35. The second-order valence-corrected chi connectivity index (χ2v) is 5.23. The van der Waals surface area contributed by atoms with Gasteiger partial charge in [-0.2, -0.15) is 0 Å². The molecular weight excluding hydrogens is 212 g/mol. The molecule has 1 aromatic carbocycles. The molecule has 0 saturated heterocycles. The average molecular weight is 227 g/mol. The lowest BCUT2D eigenvalue weighted by Crippen LogP contribution is -1.94. The molecule has 1 unspecified atom stereocenters. The predicted octanol–water partition coefficient (Wildman–Crippen LogP) is 4.62. The van der Waals surface area contributed by atoms with Gasteiger partial charge >= 0.3 is 0 Å². The second-order valence-electron chi connectivity index (χ2n) is 4.03. The first-order chi connectivity index (χ1) is 8.29. The summed E-state index contributed by atoms with van der Waals surface area (Å²) >= 11 is 1.89. The standard InChI is InChI=1S/C15H14S/c1-2-12-10-14-13(8-9-15(14)16-12)11-6-4-3-5-7-11/h3-10,14H,2H2,1H3/i6D. The van der Waals surface area contributed by atoms with Crippen LogP contribution < -0.4 is 0 Å². The Morgan fingerprint density at radius 2 is 2.25 bits per heavy atom. The Kier molecular flexibility index (Phi) is 2.21. The Hall–Kier alpha value is -1.21. The zero-order valence-electron chi connectivity index (χ0n) is 10.2. The molecule has 0 N–H and O–H groups in total. The highest BCUT2D eigenvalue weighted by Gasteiger charge is 2.28. The molecule has 0 saturated carbocycles. The van der Waals surface area contributed by atoms with Crippen molar-refractivity contribution in [3.8, 4) is 0 Å². The Bertz CT molecular complexity index is 552. The maximum atomic E-state index is 7.99. The van der Waals surface area contributed by atoms with Crippen molar-refractivity contribution >= 4 is 17.3 Å². The van der Waals surface area contributed by atoms with Crippen LogP contribution in [0.25, 0.3) is 5.57 Å². The van der Waals surface area contributed by atoms with Crippen molar-refractivity contribution in [1.82, 2.24) is 0 Å². The van der Waals surface area contributed by atoms with Crippen molar-refractivity contribution in [3.63, 3.8) is 0 Å². The molecule has 0 bridgehead atoms. The zero-order chi connectivity index (χ0) is 11.8. The minimum Gasteiger partial charge on any atom is -0.0983 e. The molecular formula is C15H14S. The lowest BCUT2D eigenvalue weighted by molar-refractivity contribution is 1.08. The van der Waals surface area contributed by atoms with Crippen molar-refractivity contribution in [2.45, 2.75) is 13.3 Å². The molecule has 1 aliphatic heterocycles. The van der Waals surface area contributed by atoms with Crippen LogP contribution >= 0.6 is 11.8 Å². The normalized spacial score (nSPS) is 23.4. The van der Waals surface area contributed by atoms with E-state index in [4.69, 9.17) is 1.37 Å². The van der Waals surface area contributed by atoms with E-state index in [1.54, 1.807) is 0 Å². The summed E-state index contributed by atoms with van der Waals surface area (Å²) in [5, 5.41) is 0. The van der Waals surface area contributed by atoms with Crippen molar-refractivity contribution in [2.24, 2.45) is 5.92 Å². The van der Waals surface area contributed by atoms with Gasteiger partial charge < -0.3 is 0 Å². The molecule has 0 nitrogen and oxygen atoms in total. The quantitative estimate of drug-likeness (QED) is 0.710. The summed E-state index contributed by atoms with van der Waals surface area (Å²) in [6.07, 6.45) is 7.83. The minimum atomic E-state index is 0.404. The number of benzene rings is 1. The third kappa shape index (κ3) is 1.56. The van der Waals surface area contributed by atoms with Crippen LogP contribution in [-0.4, -0.2) is 0 Å². The molecule has 1 atom stereocenters. The van der Waals surface area contributed by atoms with E-state index >= 15 is 0 Å². The summed E-state index contributed by atoms with van der Waals surface area (Å²) in [5.41, 5.74) is 2.35. The maximum Gasteiger partial charge on any atom is 0.0629 e. The van der Waals surface area contributed by atoms with Gasteiger partial charge in [0.1, 0.15) is 0 Å². The highest BCUT2D eigenvalue weighted by atomic mass is 32.2. The van der Waals surface area contributed by atoms with Crippen LogP contribution in [0.1, 0.15) is 20.3 Å². The van der Waals surface area contributed by atoms with Crippen LogP contribution in [0.2, 0.25) is 0 Å². The van der Waals surface area contributed by atoms with Gasteiger partial charge in [-0.15, -0.1) is 0 Å². The number of fused-ring (bicyclic) bond motifs is 1. The molecule has 1 heterocycles. The zero-order valence-corrected chi connectivity index (χ0v) is 10.1. The molecule has 1 aliphatic carbocycles. The highest BCUT2D eigenvalue weighted by Crippen LogP contribution is 2.50. The number of hydrogen-bond donors (Lipinski definition) is 0. The molecule has 0 radical (unpaired) electrons. The van der Waals surface area contributed by atoms with Gasteiger partial charge in [-0.1, -0.05) is 67.2 Å². The van der Waals surface area contributed by atoms with Crippen molar-refractivity contribution in [1.29, 1.82) is 0 Å². The molecule has 0 amide bonds. The fourth-order valence-electron chi connectivity index (χ4n) is 2.19. The summed E-state index contributed by atoms with van der Waals surface area (Å²) in [5.74, 6) is 0.404. The molecule has 1 aromatic rings. The SMILES string of the molecule is [2H]c1ccccc1C1=CC=C2SC(CC)=CC21. The van der Waals surface area contributed by atoms with Crippen LogP contribution in [0.5, 0.6) is 0 Å². The first-order valence-electron chi connectivity index (χ1n) is 6.16. The van der Waals surface area contributed by atoms with E-state index in [0.29, 0.717) is 12.0 Å². The van der Waals surface area contributed by atoms with Gasteiger partial charge in [0.25, 0.3) is 0 Å². The van der Waals surface area contributed by atoms with E-state index in [2.05, 4.69) is 25.2 Å². The molecule has 0 aromatic heterocycles. The van der Waals surface area contributed by atoms with Gasteiger partial charge in [0.15, 0.2) is 0 Å². The molecule has 1 heteroatoms. The number of allylic oxidation sites excluding steroid dienone is 6. The van der Waals surface area contributed by atoms with Crippen molar-refractivity contribution in [2.75, 3.05) is 0 Å². The van der Waals surface area contributed by atoms with Gasteiger partial charge in [-0.3, -0.25) is 0 Å². The summed E-state index contributed by atoms with van der Waals surface area (Å²) in [7, 11) is 0. The van der Waals surface area contributed by atoms with Crippen molar-refractivity contribution in [3.05, 3.63) is 63.9 Å². The van der Waals surface area contributed by atoms with Gasteiger partial charge in [0.2, 0.25) is 0 Å². The maximum absolute atomic E-state index is 7.99. The topological polar surface area (TPSA) is 0 Å². The molecule has 2 aliphatic rings. The van der Waals surface area contributed by atoms with Gasteiger partial charge in [0.05, 0.1) is 1.37 Å². The Morgan fingerprint density at radius 1 is 1.31 bits per heavy atom. The largest absolute Gasteiger partial charge is 0.0983 e. The van der Waals surface area contributed by atoms with E-state index < -0.39 is 0 Å². The van der Waals surface area contributed by atoms with Gasteiger partial charge in [-0.05, 0) is 22.5 Å². The summed E-state index contributed by atoms with van der Waals surface area (Å²) in [6.45, 7) is 2.20. The first-order valence-corrected chi connectivity index (χ1v) is 6.47. The Balaban J connectivity index is 1.98. The van der Waals surface area contributed by atoms with E-state index in [-0.39, 0.29) is 0 Å². The Morgan fingerprint density at radius 3 is 3.06 bits per heavy atom. The van der Waals surface area contributed by atoms with E-state index in [9.17, 15) is 0 Å². The molecule has 0 fully saturated rings. The molecule has 3 rings (SSSR count). The molecule has 0 spiro atoms. The summed E-state index contributed by atoms with van der Waals surface area (Å²) < 4.78 is 7.99. The van der Waals surface area contributed by atoms with Crippen LogP contribution in [0.4, 0.5) is 0 Å². The molecule has 16 heavy (non-hydrogen) atoms. The van der Waals surface area contributed by atoms with Crippen LogP contribution in [0.3, 0.4) is 0 Å². The lowest BCUT2D eigenvalue weighted by Gasteiger charge is -2.09. The first kappa shape index (κ1) is 8.89. The predicted molar refractivity (Wildman–Crippen MR) is 72.0 cm³/mol. The monoisotopic (exact) mass is 227 g/mol. The highest BCUT2D eigenvalue weighted by molar-refractivity contribution is 8.07. The van der Waals surface area contributed by atoms with E-state index in [1.807, 2.05) is 36.0 Å². The average Bonchev–Trinajstić information content (AvgIpc) is 2.89. The smallest absolute Gasteiger partial charge is 0.0629 e. The molecule has 80 valence electrons. The van der Waals surface area contributed by atoms with E-state index in [1.165, 1.54) is 15.4 Å². The number of rotatable bonds is 2. The fraction of sp³-hybridized carbons (Fsp3) is 0.200. The van der Waals surface area contributed by atoms with Gasteiger partial charge in [-0.25, -0.2) is 0 Å². The van der Waals surface area contributed by atoms with Crippen LogP contribution in [0, 0.1) is 5.92 Å². The number of hydrogen-bond acceptors (Lipinski definition) is 1. The third-order valence-electron chi connectivity index (χ3n) is 3.04. The lowest BCUT2D eigenvalue weighted by atomic mass is 9.95. The minimum absolute atomic E-state index is 0.404.